The summed E-state index contributed by atoms with van der Waals surface area (Å²) in [4.78, 5) is 12.2. The zero-order chi connectivity index (χ0) is 19.1. The third kappa shape index (κ3) is 5.57. The largest absolute Gasteiger partial charge is 0.489 e. The van der Waals surface area contributed by atoms with Gasteiger partial charge in [0, 0.05) is 11.4 Å². The fourth-order valence-electron chi connectivity index (χ4n) is 2.49. The van der Waals surface area contributed by atoms with Crippen LogP contribution in [-0.4, -0.2) is 11.9 Å². The first-order valence-corrected chi connectivity index (χ1v) is 8.70. The number of ether oxygens (including phenoxy) is 1. The van der Waals surface area contributed by atoms with Gasteiger partial charge in [0.15, 0.2) is 0 Å². The van der Waals surface area contributed by atoms with Crippen LogP contribution in [0.15, 0.2) is 78.9 Å². The molecule has 2 N–H and O–H groups in total. The Balaban J connectivity index is 1.51. The highest BCUT2D eigenvalue weighted by atomic mass is 19.1. The molecule has 0 saturated heterocycles. The van der Waals surface area contributed by atoms with E-state index in [9.17, 15) is 9.18 Å². The average Bonchev–Trinajstić information content (AvgIpc) is 2.70. The number of hydrogen-bond acceptors (Lipinski definition) is 3. The van der Waals surface area contributed by atoms with E-state index in [0.717, 1.165) is 17.0 Å². The van der Waals surface area contributed by atoms with E-state index in [1.807, 2.05) is 54.6 Å². The second kappa shape index (κ2) is 8.85. The predicted octanol–water partition coefficient (Wildman–Crippen LogP) is 4.84. The molecule has 4 nitrogen and oxygen atoms in total. The molecule has 3 rings (SSSR count). The van der Waals surface area contributed by atoms with Crippen LogP contribution in [0.3, 0.4) is 0 Å². The Kier molecular flexibility index (Phi) is 6.05. The van der Waals surface area contributed by atoms with Crippen LogP contribution in [0.2, 0.25) is 0 Å². The summed E-state index contributed by atoms with van der Waals surface area (Å²) in [5.74, 6) is 0.215. The van der Waals surface area contributed by atoms with Crippen molar-refractivity contribution < 1.29 is 13.9 Å². The van der Waals surface area contributed by atoms with Crippen molar-refractivity contribution in [3.8, 4) is 5.75 Å². The van der Waals surface area contributed by atoms with Crippen molar-refractivity contribution in [3.63, 3.8) is 0 Å². The van der Waals surface area contributed by atoms with Gasteiger partial charge >= 0.3 is 0 Å². The minimum atomic E-state index is -0.453. The van der Waals surface area contributed by atoms with Gasteiger partial charge in [0.2, 0.25) is 5.91 Å². The van der Waals surface area contributed by atoms with Crippen LogP contribution >= 0.6 is 0 Å². The van der Waals surface area contributed by atoms with Gasteiger partial charge in [0.05, 0.1) is 0 Å². The molecule has 0 aliphatic heterocycles. The topological polar surface area (TPSA) is 50.4 Å². The molecule has 0 spiro atoms. The van der Waals surface area contributed by atoms with Crippen LogP contribution in [0, 0.1) is 5.82 Å². The minimum Gasteiger partial charge on any atom is -0.489 e. The predicted molar refractivity (Wildman–Crippen MR) is 105 cm³/mol. The van der Waals surface area contributed by atoms with Gasteiger partial charge in [-0.1, -0.05) is 30.3 Å². The Hall–Kier alpha value is -3.34. The van der Waals surface area contributed by atoms with Crippen molar-refractivity contribution in [2.24, 2.45) is 0 Å². The van der Waals surface area contributed by atoms with E-state index in [1.165, 1.54) is 24.3 Å². The highest BCUT2D eigenvalue weighted by Crippen LogP contribution is 2.18. The smallest absolute Gasteiger partial charge is 0.246 e. The highest BCUT2D eigenvalue weighted by molar-refractivity contribution is 5.96. The Bertz CT molecular complexity index is 865. The molecule has 0 bridgehead atoms. The van der Waals surface area contributed by atoms with Gasteiger partial charge in [-0.3, -0.25) is 4.79 Å². The maximum atomic E-state index is 12.9. The normalized spacial score (nSPS) is 11.5. The molecule has 0 aromatic heterocycles. The molecule has 0 radical (unpaired) electrons. The van der Waals surface area contributed by atoms with Crippen molar-refractivity contribution in [2.45, 2.75) is 19.6 Å². The molecule has 1 atom stereocenters. The molecule has 0 aliphatic carbocycles. The van der Waals surface area contributed by atoms with Crippen molar-refractivity contribution in [1.29, 1.82) is 0 Å². The summed E-state index contributed by atoms with van der Waals surface area (Å²) in [5.41, 5.74) is 2.47. The second-order valence-corrected chi connectivity index (χ2v) is 6.16. The molecular weight excluding hydrogens is 343 g/mol. The molecular formula is C22H21FN2O2. The van der Waals surface area contributed by atoms with Crippen molar-refractivity contribution >= 4 is 17.3 Å². The maximum Gasteiger partial charge on any atom is 0.246 e. The summed E-state index contributed by atoms with van der Waals surface area (Å²) in [6.07, 6.45) is 0. The number of halogens is 1. The van der Waals surface area contributed by atoms with Gasteiger partial charge in [0.25, 0.3) is 0 Å². The molecule has 0 fully saturated rings. The summed E-state index contributed by atoms with van der Waals surface area (Å²) in [6.45, 7) is 2.27. The molecule has 0 unspecified atom stereocenters. The molecule has 138 valence electrons. The van der Waals surface area contributed by atoms with E-state index in [2.05, 4.69) is 10.6 Å². The maximum absolute atomic E-state index is 12.9. The molecule has 1 amide bonds. The number of benzene rings is 3. The van der Waals surface area contributed by atoms with E-state index in [4.69, 9.17) is 4.74 Å². The Morgan fingerprint density at radius 2 is 1.56 bits per heavy atom. The Labute approximate surface area is 158 Å². The molecule has 0 heterocycles. The van der Waals surface area contributed by atoms with E-state index in [1.54, 1.807) is 6.92 Å². The van der Waals surface area contributed by atoms with Crippen LogP contribution in [0.4, 0.5) is 15.8 Å². The number of amides is 1. The van der Waals surface area contributed by atoms with Crippen LogP contribution in [0.1, 0.15) is 12.5 Å². The van der Waals surface area contributed by atoms with E-state index in [-0.39, 0.29) is 11.7 Å². The van der Waals surface area contributed by atoms with Gasteiger partial charge in [-0.15, -0.1) is 0 Å². The van der Waals surface area contributed by atoms with E-state index >= 15 is 0 Å². The monoisotopic (exact) mass is 364 g/mol. The Morgan fingerprint density at radius 1 is 0.926 bits per heavy atom. The van der Waals surface area contributed by atoms with Crippen molar-refractivity contribution in [3.05, 3.63) is 90.2 Å². The van der Waals surface area contributed by atoms with Gasteiger partial charge < -0.3 is 15.4 Å². The molecule has 3 aromatic carbocycles. The molecule has 5 heteroatoms. The lowest BCUT2D eigenvalue weighted by Crippen LogP contribution is -2.31. The third-order valence-electron chi connectivity index (χ3n) is 3.99. The van der Waals surface area contributed by atoms with E-state index in [0.29, 0.717) is 12.3 Å². The quantitative estimate of drug-likeness (QED) is 0.630. The number of carbonyl (C=O) groups excluding carboxylic acids is 1. The zero-order valence-electron chi connectivity index (χ0n) is 15.0. The van der Waals surface area contributed by atoms with E-state index < -0.39 is 6.04 Å². The number of hydrogen-bond donors (Lipinski definition) is 2. The third-order valence-corrected chi connectivity index (χ3v) is 3.99. The molecule has 0 aliphatic rings. The number of anilines is 2. The lowest BCUT2D eigenvalue weighted by molar-refractivity contribution is -0.116. The van der Waals surface area contributed by atoms with Gasteiger partial charge in [-0.05, 0) is 61.0 Å². The second-order valence-electron chi connectivity index (χ2n) is 6.16. The first-order valence-electron chi connectivity index (χ1n) is 8.70. The lowest BCUT2D eigenvalue weighted by atomic mass is 10.2. The summed E-state index contributed by atoms with van der Waals surface area (Å²) >= 11 is 0. The van der Waals surface area contributed by atoms with Crippen molar-refractivity contribution in [1.82, 2.24) is 0 Å². The molecule has 27 heavy (non-hydrogen) atoms. The number of rotatable bonds is 7. The zero-order valence-corrected chi connectivity index (χ0v) is 15.0. The standard InChI is InChI=1S/C22H21FN2O2/c1-16(22(26)25-20-9-7-18(23)8-10-20)24-19-11-13-21(14-12-19)27-15-17-5-3-2-4-6-17/h2-14,16,24H,15H2,1H3,(H,25,26)/t16-/m1/s1. The summed E-state index contributed by atoms with van der Waals surface area (Å²) in [5, 5.41) is 5.88. The lowest BCUT2D eigenvalue weighted by Gasteiger charge is -2.16. The van der Waals surface area contributed by atoms with Crippen LogP contribution in [0.5, 0.6) is 5.75 Å². The van der Waals surface area contributed by atoms with Crippen molar-refractivity contribution in [2.75, 3.05) is 10.6 Å². The number of nitrogens with one attached hydrogen (secondary N) is 2. The van der Waals surface area contributed by atoms with Gasteiger partial charge in [-0.2, -0.15) is 0 Å². The summed E-state index contributed by atoms with van der Waals surface area (Å²) in [7, 11) is 0. The first kappa shape index (κ1) is 18.5. The molecule has 3 aromatic rings. The van der Waals surface area contributed by atoms with Crippen LogP contribution < -0.4 is 15.4 Å². The summed E-state index contributed by atoms with van der Waals surface area (Å²) in [6, 6.07) is 22.6. The fraction of sp³-hybridized carbons (Fsp3) is 0.136. The number of carbonyl (C=O) groups is 1. The van der Waals surface area contributed by atoms with Crippen LogP contribution in [-0.2, 0) is 11.4 Å². The minimum absolute atomic E-state index is 0.203. The SMILES string of the molecule is C[C@@H](Nc1ccc(OCc2ccccc2)cc1)C(=O)Nc1ccc(F)cc1. The fourth-order valence-corrected chi connectivity index (χ4v) is 2.49. The average molecular weight is 364 g/mol. The first-order chi connectivity index (χ1) is 13.1. The Morgan fingerprint density at radius 3 is 2.22 bits per heavy atom. The summed E-state index contributed by atoms with van der Waals surface area (Å²) < 4.78 is 18.7. The molecule has 0 saturated carbocycles. The van der Waals surface area contributed by atoms with Gasteiger partial charge in [0.1, 0.15) is 24.2 Å². The highest BCUT2D eigenvalue weighted by Gasteiger charge is 2.13. The van der Waals surface area contributed by atoms with Crippen LogP contribution in [0.25, 0.3) is 0 Å². The van der Waals surface area contributed by atoms with Gasteiger partial charge in [-0.25, -0.2) is 4.39 Å².